The number of hydrogen-bond acceptors (Lipinski definition) is 6. The molecule has 3 N–H and O–H groups in total. The standard InChI is InChI=1S/C9H17N5O2S/c1-10-8-6-9(13-7-12-8)11-4-3-5-14-17(2,15)16/h6-7,14H,3-5H2,1-2H3,(H2,10,11,12,13). The minimum Gasteiger partial charge on any atom is -0.373 e. The summed E-state index contributed by atoms with van der Waals surface area (Å²) in [6.07, 6.45) is 3.29. The fourth-order valence-corrected chi connectivity index (χ4v) is 1.67. The van der Waals surface area contributed by atoms with Crippen molar-refractivity contribution in [1.82, 2.24) is 14.7 Å². The second kappa shape index (κ2) is 6.36. The second-order valence-electron chi connectivity index (χ2n) is 3.49. The zero-order valence-corrected chi connectivity index (χ0v) is 10.7. The highest BCUT2D eigenvalue weighted by atomic mass is 32.2. The molecule has 0 aliphatic rings. The molecule has 0 bridgehead atoms. The van der Waals surface area contributed by atoms with E-state index in [4.69, 9.17) is 0 Å². The fraction of sp³-hybridized carbons (Fsp3) is 0.556. The lowest BCUT2D eigenvalue weighted by Gasteiger charge is -2.06. The van der Waals surface area contributed by atoms with Crippen LogP contribution in [0.1, 0.15) is 6.42 Å². The minimum absolute atomic E-state index is 0.413. The van der Waals surface area contributed by atoms with Crippen molar-refractivity contribution in [2.24, 2.45) is 0 Å². The summed E-state index contributed by atoms with van der Waals surface area (Å²) < 4.78 is 24.0. The van der Waals surface area contributed by atoms with E-state index in [1.54, 1.807) is 13.1 Å². The third-order valence-corrected chi connectivity index (χ3v) is 2.68. The van der Waals surface area contributed by atoms with E-state index in [9.17, 15) is 8.42 Å². The summed E-state index contributed by atoms with van der Waals surface area (Å²) >= 11 is 0. The van der Waals surface area contributed by atoms with Gasteiger partial charge in [-0.3, -0.25) is 0 Å². The highest BCUT2D eigenvalue weighted by Crippen LogP contribution is 2.06. The summed E-state index contributed by atoms with van der Waals surface area (Å²) in [6.45, 7) is 1.05. The van der Waals surface area contributed by atoms with Crippen LogP contribution in [0, 0.1) is 0 Å². The third kappa shape index (κ3) is 6.03. The smallest absolute Gasteiger partial charge is 0.208 e. The van der Waals surface area contributed by atoms with Crippen LogP contribution in [-0.2, 0) is 10.0 Å². The lowest BCUT2D eigenvalue weighted by molar-refractivity contribution is 0.586. The molecular formula is C9H17N5O2S. The van der Waals surface area contributed by atoms with E-state index in [1.807, 2.05) is 0 Å². The van der Waals surface area contributed by atoms with Crippen LogP contribution in [0.5, 0.6) is 0 Å². The summed E-state index contributed by atoms with van der Waals surface area (Å²) in [5.74, 6) is 1.44. The van der Waals surface area contributed by atoms with E-state index in [2.05, 4.69) is 25.3 Å². The lowest BCUT2D eigenvalue weighted by Crippen LogP contribution is -2.24. The Kier molecular flexibility index (Phi) is 5.11. The number of rotatable bonds is 7. The summed E-state index contributed by atoms with van der Waals surface area (Å²) in [7, 11) is -1.31. The van der Waals surface area contributed by atoms with Crippen LogP contribution in [0.25, 0.3) is 0 Å². The van der Waals surface area contributed by atoms with Crippen LogP contribution in [-0.4, -0.2) is 44.8 Å². The molecule has 0 aliphatic carbocycles. The first-order valence-corrected chi connectivity index (χ1v) is 7.09. The Morgan fingerprint density at radius 1 is 1.24 bits per heavy atom. The van der Waals surface area contributed by atoms with Crippen molar-refractivity contribution in [3.8, 4) is 0 Å². The normalized spacial score (nSPS) is 11.2. The van der Waals surface area contributed by atoms with Crippen molar-refractivity contribution >= 4 is 21.7 Å². The van der Waals surface area contributed by atoms with Gasteiger partial charge in [-0.25, -0.2) is 23.1 Å². The lowest BCUT2D eigenvalue weighted by atomic mass is 10.4. The quantitative estimate of drug-likeness (QED) is 0.590. The maximum atomic E-state index is 10.8. The maximum Gasteiger partial charge on any atom is 0.208 e. The predicted molar refractivity (Wildman–Crippen MR) is 67.5 cm³/mol. The van der Waals surface area contributed by atoms with Gasteiger partial charge in [0, 0.05) is 26.2 Å². The molecule has 0 amide bonds. The molecule has 0 saturated heterocycles. The third-order valence-electron chi connectivity index (χ3n) is 1.95. The molecule has 0 radical (unpaired) electrons. The first kappa shape index (κ1) is 13.7. The number of nitrogens with one attached hydrogen (secondary N) is 3. The van der Waals surface area contributed by atoms with Crippen molar-refractivity contribution < 1.29 is 8.42 Å². The molecule has 0 spiro atoms. The van der Waals surface area contributed by atoms with Gasteiger partial charge >= 0.3 is 0 Å². The number of anilines is 2. The van der Waals surface area contributed by atoms with Gasteiger partial charge in [0.1, 0.15) is 18.0 Å². The highest BCUT2D eigenvalue weighted by molar-refractivity contribution is 7.88. The Balaban J connectivity index is 2.26. The summed E-state index contributed by atoms with van der Waals surface area (Å²) in [4.78, 5) is 8.01. The van der Waals surface area contributed by atoms with Crippen molar-refractivity contribution in [3.05, 3.63) is 12.4 Å². The van der Waals surface area contributed by atoms with E-state index in [0.717, 1.165) is 12.1 Å². The Bertz CT molecular complexity index is 448. The first-order valence-electron chi connectivity index (χ1n) is 5.19. The van der Waals surface area contributed by atoms with Crippen molar-refractivity contribution in [3.63, 3.8) is 0 Å². The zero-order chi connectivity index (χ0) is 12.7. The second-order valence-corrected chi connectivity index (χ2v) is 5.32. The molecular weight excluding hydrogens is 242 g/mol. The molecule has 8 heteroatoms. The number of nitrogens with zero attached hydrogens (tertiary/aromatic N) is 2. The molecule has 1 heterocycles. The van der Waals surface area contributed by atoms with Gasteiger partial charge in [0.2, 0.25) is 10.0 Å². The van der Waals surface area contributed by atoms with Gasteiger partial charge in [0.05, 0.1) is 6.26 Å². The summed E-state index contributed by atoms with van der Waals surface area (Å²) in [6, 6.07) is 1.78. The van der Waals surface area contributed by atoms with E-state index < -0.39 is 10.0 Å². The Labute approximate surface area is 101 Å². The van der Waals surface area contributed by atoms with Gasteiger partial charge in [-0.2, -0.15) is 0 Å². The Morgan fingerprint density at radius 2 is 1.94 bits per heavy atom. The van der Waals surface area contributed by atoms with Gasteiger partial charge in [0.25, 0.3) is 0 Å². The van der Waals surface area contributed by atoms with Crippen LogP contribution >= 0.6 is 0 Å². The monoisotopic (exact) mass is 259 g/mol. The zero-order valence-electron chi connectivity index (χ0n) is 9.90. The van der Waals surface area contributed by atoms with Crippen LogP contribution in [0.3, 0.4) is 0 Å². The van der Waals surface area contributed by atoms with Gasteiger partial charge in [-0.05, 0) is 6.42 Å². The fourth-order valence-electron chi connectivity index (χ4n) is 1.15. The molecule has 0 aromatic carbocycles. The van der Waals surface area contributed by atoms with E-state index >= 15 is 0 Å². The maximum absolute atomic E-state index is 10.8. The number of aromatic nitrogens is 2. The molecule has 1 rings (SSSR count). The molecule has 7 nitrogen and oxygen atoms in total. The molecule has 0 aliphatic heterocycles. The molecule has 0 atom stereocenters. The van der Waals surface area contributed by atoms with Crippen LogP contribution < -0.4 is 15.4 Å². The molecule has 1 aromatic heterocycles. The largest absolute Gasteiger partial charge is 0.373 e. The Morgan fingerprint density at radius 3 is 2.59 bits per heavy atom. The van der Waals surface area contributed by atoms with Gasteiger partial charge in [-0.1, -0.05) is 0 Å². The Hall–Kier alpha value is -1.41. The van der Waals surface area contributed by atoms with Crippen molar-refractivity contribution in [2.75, 3.05) is 37.0 Å². The molecule has 0 fully saturated rings. The van der Waals surface area contributed by atoms with Gasteiger partial charge < -0.3 is 10.6 Å². The number of hydrogen-bond donors (Lipinski definition) is 3. The molecule has 0 unspecified atom stereocenters. The SMILES string of the molecule is CNc1cc(NCCCNS(C)(=O)=O)ncn1. The topological polar surface area (TPSA) is 96.0 Å². The molecule has 96 valence electrons. The van der Waals surface area contributed by atoms with Crippen molar-refractivity contribution in [1.29, 1.82) is 0 Å². The van der Waals surface area contributed by atoms with Crippen LogP contribution in [0.4, 0.5) is 11.6 Å². The molecule has 0 saturated carbocycles. The predicted octanol–water partition coefficient (Wildman–Crippen LogP) is -0.130. The molecule has 1 aromatic rings. The number of sulfonamides is 1. The molecule has 17 heavy (non-hydrogen) atoms. The summed E-state index contributed by atoms with van der Waals surface area (Å²) in [5.41, 5.74) is 0. The van der Waals surface area contributed by atoms with Crippen LogP contribution in [0.2, 0.25) is 0 Å². The van der Waals surface area contributed by atoms with Crippen LogP contribution in [0.15, 0.2) is 12.4 Å². The van der Waals surface area contributed by atoms with E-state index in [-0.39, 0.29) is 0 Å². The van der Waals surface area contributed by atoms with Gasteiger partial charge in [0.15, 0.2) is 0 Å². The van der Waals surface area contributed by atoms with Crippen molar-refractivity contribution in [2.45, 2.75) is 6.42 Å². The average Bonchev–Trinajstić information content (AvgIpc) is 2.27. The van der Waals surface area contributed by atoms with Gasteiger partial charge in [-0.15, -0.1) is 0 Å². The minimum atomic E-state index is -3.09. The summed E-state index contributed by atoms with van der Waals surface area (Å²) in [5, 5.41) is 5.99. The average molecular weight is 259 g/mol. The highest BCUT2D eigenvalue weighted by Gasteiger charge is 1.99. The van der Waals surface area contributed by atoms with E-state index in [1.165, 1.54) is 6.33 Å². The van der Waals surface area contributed by atoms with E-state index in [0.29, 0.717) is 25.3 Å². The first-order chi connectivity index (χ1) is 8.01.